The van der Waals surface area contributed by atoms with Crippen molar-refractivity contribution in [1.82, 2.24) is 0 Å². The maximum Gasteiger partial charge on any atom is 0.0962 e. The van der Waals surface area contributed by atoms with Gasteiger partial charge in [0.15, 0.2) is 0 Å². The minimum Gasteiger partial charge on any atom is -0.493 e. The zero-order valence-electron chi connectivity index (χ0n) is 12.2. The molecule has 0 aromatic carbocycles. The molecule has 0 saturated carbocycles. The molecule has 0 fully saturated rings. The van der Waals surface area contributed by atoms with Crippen LogP contribution in [0.3, 0.4) is 0 Å². The van der Waals surface area contributed by atoms with Crippen LogP contribution in [0.15, 0.2) is 11.8 Å². The van der Waals surface area contributed by atoms with Crippen molar-refractivity contribution in [2.75, 3.05) is 0 Å². The van der Waals surface area contributed by atoms with Gasteiger partial charge >= 0.3 is 0 Å². The molecule has 18 heavy (non-hydrogen) atoms. The van der Waals surface area contributed by atoms with Gasteiger partial charge in [-0.1, -0.05) is 20.3 Å². The van der Waals surface area contributed by atoms with Crippen molar-refractivity contribution < 1.29 is 37.4 Å². The monoisotopic (exact) mass is 343 g/mol. The molecule has 0 saturated heterocycles. The second-order valence-electron chi connectivity index (χ2n) is 5.89. The Morgan fingerprint density at radius 2 is 2.22 bits per heavy atom. The fourth-order valence-corrected chi connectivity index (χ4v) is 3.54. The third kappa shape index (κ3) is 4.25. The van der Waals surface area contributed by atoms with Crippen molar-refractivity contribution in [2.24, 2.45) is 11.8 Å². The van der Waals surface area contributed by atoms with E-state index in [0.717, 1.165) is 25.0 Å². The number of hydrogen-bond acceptors (Lipinski definition) is 2. The Kier molecular flexibility index (Phi) is 7.53. The Morgan fingerprint density at radius 3 is 2.61 bits per heavy atom. The normalized spacial score (nSPS) is 32.6. The molecule has 0 N–H and O–H groups in total. The van der Waals surface area contributed by atoms with Gasteiger partial charge in [-0.2, -0.15) is 18.5 Å². The third-order valence-electron chi connectivity index (χ3n) is 3.66. The Hall–Kier alpha value is 0.994. The first kappa shape index (κ1) is 19.0. The standard InChI is InChI=1S/C15H26OS.Y/c1-7-15(14(6,17)9-11(2)3)10-12(4)8-13(5)16-15;/h8,11-12,17H,1-2,7,9-10H2,3-6H3;/q-2;. The van der Waals surface area contributed by atoms with Crippen molar-refractivity contribution in [1.29, 1.82) is 0 Å². The Labute approximate surface area is 144 Å². The van der Waals surface area contributed by atoms with E-state index in [4.69, 9.17) is 17.4 Å². The summed E-state index contributed by atoms with van der Waals surface area (Å²) in [5.41, 5.74) is -0.264. The molecular formula is C15H26OSY-2. The largest absolute Gasteiger partial charge is 0.493 e. The van der Waals surface area contributed by atoms with Crippen LogP contribution in [0.5, 0.6) is 0 Å². The van der Waals surface area contributed by atoms with E-state index in [0.29, 0.717) is 11.8 Å². The van der Waals surface area contributed by atoms with E-state index in [1.807, 2.05) is 6.92 Å². The molecule has 0 amide bonds. The molecule has 1 rings (SSSR count). The molecule has 0 spiro atoms. The van der Waals surface area contributed by atoms with Crippen LogP contribution in [0.4, 0.5) is 0 Å². The first-order valence-electron chi connectivity index (χ1n) is 6.44. The van der Waals surface area contributed by atoms with Gasteiger partial charge in [-0.15, -0.1) is 6.42 Å². The van der Waals surface area contributed by atoms with Crippen LogP contribution < -0.4 is 0 Å². The number of rotatable bonds is 4. The third-order valence-corrected chi connectivity index (χ3v) is 4.25. The molecule has 4 atom stereocenters. The molecule has 1 aliphatic rings. The fourth-order valence-electron chi connectivity index (χ4n) is 2.98. The summed E-state index contributed by atoms with van der Waals surface area (Å²) in [6.45, 7) is 16.7. The van der Waals surface area contributed by atoms with Crippen LogP contribution in [0.25, 0.3) is 0 Å². The molecule has 103 valence electrons. The number of hydrogen-bond donors (Lipinski definition) is 1. The number of allylic oxidation sites excluding steroid dienone is 2. The van der Waals surface area contributed by atoms with Gasteiger partial charge in [0.1, 0.15) is 0 Å². The van der Waals surface area contributed by atoms with Crippen LogP contribution in [-0.4, -0.2) is 10.3 Å². The van der Waals surface area contributed by atoms with Crippen LogP contribution in [0, 0.1) is 25.7 Å². The average Bonchev–Trinajstić information content (AvgIpc) is 2.13. The van der Waals surface area contributed by atoms with Crippen LogP contribution in [-0.2, 0) is 37.4 Å². The first-order chi connectivity index (χ1) is 7.72. The molecule has 0 bridgehead atoms. The quantitative estimate of drug-likeness (QED) is 0.586. The van der Waals surface area contributed by atoms with Crippen molar-refractivity contribution in [3.8, 4) is 0 Å². The number of thiol groups is 1. The molecule has 1 nitrogen and oxygen atoms in total. The summed E-state index contributed by atoms with van der Waals surface area (Å²) >= 11 is 4.88. The van der Waals surface area contributed by atoms with E-state index in [2.05, 4.69) is 40.7 Å². The predicted molar refractivity (Wildman–Crippen MR) is 77.9 cm³/mol. The van der Waals surface area contributed by atoms with E-state index in [-0.39, 0.29) is 43.1 Å². The molecule has 1 heterocycles. The van der Waals surface area contributed by atoms with Gasteiger partial charge in [-0.25, -0.2) is 0 Å². The van der Waals surface area contributed by atoms with Crippen molar-refractivity contribution >= 4 is 12.6 Å². The van der Waals surface area contributed by atoms with E-state index >= 15 is 0 Å². The van der Waals surface area contributed by atoms with Crippen molar-refractivity contribution in [3.63, 3.8) is 0 Å². The molecule has 0 aromatic heterocycles. The summed E-state index contributed by atoms with van der Waals surface area (Å²) in [6.07, 6.45) is 4.85. The molecule has 1 radical (unpaired) electrons. The molecule has 0 aromatic rings. The van der Waals surface area contributed by atoms with Gasteiger partial charge in [0, 0.05) is 37.5 Å². The van der Waals surface area contributed by atoms with Crippen LogP contribution in [0.1, 0.15) is 47.0 Å². The minimum atomic E-state index is -0.264. The summed E-state index contributed by atoms with van der Waals surface area (Å²) in [4.78, 5) is 0. The van der Waals surface area contributed by atoms with E-state index in [1.54, 1.807) is 0 Å². The zero-order chi connectivity index (χ0) is 13.3. The maximum atomic E-state index is 6.15. The molecule has 0 aliphatic carbocycles. The first-order valence-corrected chi connectivity index (χ1v) is 6.89. The van der Waals surface area contributed by atoms with Gasteiger partial charge in [0.25, 0.3) is 0 Å². The fraction of sp³-hybridized carbons (Fsp3) is 0.733. The van der Waals surface area contributed by atoms with Gasteiger partial charge in [0.2, 0.25) is 0 Å². The second kappa shape index (κ2) is 7.13. The Balaban J connectivity index is 0.00000289. The van der Waals surface area contributed by atoms with Crippen molar-refractivity contribution in [2.45, 2.75) is 57.3 Å². The summed E-state index contributed by atoms with van der Waals surface area (Å²) in [7, 11) is 0. The summed E-state index contributed by atoms with van der Waals surface area (Å²) in [5, 5.41) is 0. The van der Waals surface area contributed by atoms with Crippen molar-refractivity contribution in [3.05, 3.63) is 25.7 Å². The van der Waals surface area contributed by atoms with Gasteiger partial charge < -0.3 is 18.6 Å². The van der Waals surface area contributed by atoms with E-state index in [1.165, 1.54) is 0 Å². The van der Waals surface area contributed by atoms with Gasteiger partial charge in [0.05, 0.1) is 11.4 Å². The smallest absolute Gasteiger partial charge is 0.0962 e. The van der Waals surface area contributed by atoms with E-state index in [9.17, 15) is 0 Å². The summed E-state index contributed by atoms with van der Waals surface area (Å²) in [5.74, 6) is 1.90. The Bertz CT molecular complexity index is 299. The zero-order valence-corrected chi connectivity index (χ0v) is 15.9. The molecule has 1 aliphatic heterocycles. The second-order valence-corrected chi connectivity index (χ2v) is 6.88. The Morgan fingerprint density at radius 1 is 1.67 bits per heavy atom. The SMILES string of the molecule is [CH2-]CC1(C(C)(S)CC([CH2-])C)CC(C)C=C(C)O1.[Y]. The number of ether oxygens (including phenoxy) is 1. The summed E-state index contributed by atoms with van der Waals surface area (Å²) < 4.78 is 5.96. The van der Waals surface area contributed by atoms with E-state index < -0.39 is 0 Å². The molecule has 4 unspecified atom stereocenters. The molecular weight excluding hydrogens is 317 g/mol. The predicted octanol–water partition coefficient (Wildman–Crippen LogP) is 4.46. The summed E-state index contributed by atoms with van der Waals surface area (Å²) in [6, 6.07) is 0. The topological polar surface area (TPSA) is 9.23 Å². The van der Waals surface area contributed by atoms with Gasteiger partial charge in [-0.3, -0.25) is 0 Å². The average molecular weight is 343 g/mol. The molecule has 3 heteroatoms. The minimum absolute atomic E-state index is 0. The van der Waals surface area contributed by atoms with Crippen LogP contribution in [0.2, 0.25) is 0 Å². The maximum absolute atomic E-state index is 6.15. The van der Waals surface area contributed by atoms with Gasteiger partial charge in [-0.05, 0) is 32.3 Å². The van der Waals surface area contributed by atoms with Crippen LogP contribution >= 0.6 is 12.6 Å².